The van der Waals surface area contributed by atoms with Gasteiger partial charge in [0.25, 0.3) is 0 Å². The zero-order valence-corrected chi connectivity index (χ0v) is 23.9. The Balaban J connectivity index is 1.24. The zero-order valence-electron chi connectivity index (χ0n) is 23.9. The Kier molecular flexibility index (Phi) is 6.35. The molecule has 0 aliphatic heterocycles. The summed E-state index contributed by atoms with van der Waals surface area (Å²) in [7, 11) is 0. The van der Waals surface area contributed by atoms with Crippen LogP contribution in [0.5, 0.6) is 0 Å². The number of rotatable bonds is 5. The van der Waals surface area contributed by atoms with Crippen molar-refractivity contribution in [2.75, 3.05) is 4.90 Å². The average Bonchev–Trinajstić information content (AvgIpc) is 3.09. The highest BCUT2D eigenvalue weighted by molar-refractivity contribution is 6.10. The Bertz CT molecular complexity index is 2160. The molecule has 0 saturated heterocycles. The van der Waals surface area contributed by atoms with Crippen molar-refractivity contribution in [3.63, 3.8) is 0 Å². The third kappa shape index (κ3) is 4.70. The summed E-state index contributed by atoms with van der Waals surface area (Å²) in [6.07, 6.45) is 9.85. The van der Waals surface area contributed by atoms with Gasteiger partial charge in [0, 0.05) is 11.4 Å². The molecule has 0 N–H and O–H groups in total. The van der Waals surface area contributed by atoms with Gasteiger partial charge in [-0.15, -0.1) is 0 Å². The lowest BCUT2D eigenvalue weighted by Gasteiger charge is -2.32. The number of hydrogen-bond donors (Lipinski definition) is 0. The minimum absolute atomic E-state index is 0.286. The van der Waals surface area contributed by atoms with E-state index in [4.69, 9.17) is 0 Å². The van der Waals surface area contributed by atoms with Gasteiger partial charge in [-0.2, -0.15) is 0 Å². The molecule has 0 amide bonds. The first-order valence-electron chi connectivity index (χ1n) is 15.0. The summed E-state index contributed by atoms with van der Waals surface area (Å²) in [4.78, 5) is 2.46. The lowest BCUT2D eigenvalue weighted by Crippen LogP contribution is -2.29. The summed E-state index contributed by atoms with van der Waals surface area (Å²) in [5.74, 6) is 0. The number of allylic oxidation sites excluding steroid dienone is 2. The van der Waals surface area contributed by atoms with E-state index in [9.17, 15) is 0 Å². The topological polar surface area (TPSA) is 3.24 Å². The Hall–Kier alpha value is -5.40. The van der Waals surface area contributed by atoms with E-state index in [2.05, 4.69) is 175 Å². The maximum Gasteiger partial charge on any atom is 0.0559 e. The summed E-state index contributed by atoms with van der Waals surface area (Å²) in [5, 5.41) is 7.59. The van der Waals surface area contributed by atoms with Crippen molar-refractivity contribution in [3.8, 4) is 22.3 Å². The quantitative estimate of drug-likeness (QED) is 0.193. The van der Waals surface area contributed by atoms with Crippen LogP contribution in [0.15, 0.2) is 170 Å². The van der Waals surface area contributed by atoms with E-state index in [-0.39, 0.29) is 6.04 Å². The van der Waals surface area contributed by atoms with Crippen LogP contribution in [0.4, 0.5) is 11.4 Å². The van der Waals surface area contributed by atoms with E-state index in [0.29, 0.717) is 0 Å². The smallest absolute Gasteiger partial charge is 0.0559 e. The summed E-state index contributed by atoms with van der Waals surface area (Å²) >= 11 is 0. The molecule has 43 heavy (non-hydrogen) atoms. The fraction of sp³-hybridized carbons (Fsp3) is 0.0476. The van der Waals surface area contributed by atoms with E-state index in [1.54, 1.807) is 0 Å². The SMILES string of the molecule is C1=CCC(N(c2ccccc2)c2ccc3c(ccc4cc(-c5cc6ccccc6cc5-c5ccccc5)ccc43)c2)C=C1. The molecule has 204 valence electrons. The molecule has 0 radical (unpaired) electrons. The summed E-state index contributed by atoms with van der Waals surface area (Å²) in [6, 6.07) is 53.5. The molecular weight excluding hydrogens is 518 g/mol. The van der Waals surface area contributed by atoms with E-state index in [0.717, 1.165) is 6.42 Å². The van der Waals surface area contributed by atoms with Gasteiger partial charge in [-0.1, -0.05) is 127 Å². The molecular formula is C42H31N. The first-order valence-corrected chi connectivity index (χ1v) is 15.0. The molecule has 0 saturated carbocycles. The lowest BCUT2D eigenvalue weighted by atomic mass is 9.90. The predicted octanol–water partition coefficient (Wildman–Crippen LogP) is 11.5. The average molecular weight is 550 g/mol. The van der Waals surface area contributed by atoms with Crippen LogP contribution < -0.4 is 4.90 Å². The normalized spacial score (nSPS) is 14.5. The molecule has 7 aromatic rings. The molecule has 0 fully saturated rings. The summed E-state index contributed by atoms with van der Waals surface area (Å²) in [5.41, 5.74) is 7.42. The molecule has 8 rings (SSSR count). The maximum atomic E-state index is 2.46. The first kappa shape index (κ1) is 25.3. The second-order valence-corrected chi connectivity index (χ2v) is 11.3. The standard InChI is InChI=1S/C42H31N/c1-4-12-30(13-5-1)41-28-31-14-10-11-15-32(31)29-42(41)34-22-24-39-33(26-34)20-21-35-27-38(23-25-40(35)39)43(36-16-6-2-7-17-36)37-18-8-3-9-19-37/h1-18,20-29,37H,19H2. The highest BCUT2D eigenvalue weighted by Gasteiger charge is 2.19. The van der Waals surface area contributed by atoms with Crippen LogP contribution >= 0.6 is 0 Å². The van der Waals surface area contributed by atoms with Gasteiger partial charge in [0.2, 0.25) is 0 Å². The largest absolute Gasteiger partial charge is 0.334 e. The number of hydrogen-bond acceptors (Lipinski definition) is 1. The van der Waals surface area contributed by atoms with Crippen LogP contribution in [-0.2, 0) is 0 Å². The van der Waals surface area contributed by atoms with Crippen LogP contribution in [0.25, 0.3) is 54.6 Å². The Morgan fingerprint density at radius 3 is 1.77 bits per heavy atom. The van der Waals surface area contributed by atoms with E-state index in [1.807, 2.05) is 0 Å². The van der Waals surface area contributed by atoms with Crippen molar-refractivity contribution < 1.29 is 0 Å². The first-order chi connectivity index (χ1) is 21.3. The number of para-hydroxylation sites is 1. The van der Waals surface area contributed by atoms with Gasteiger partial charge in [0.05, 0.1) is 6.04 Å². The molecule has 1 aliphatic carbocycles. The van der Waals surface area contributed by atoms with Gasteiger partial charge in [-0.25, -0.2) is 0 Å². The molecule has 1 atom stereocenters. The van der Waals surface area contributed by atoms with Gasteiger partial charge < -0.3 is 4.90 Å². The van der Waals surface area contributed by atoms with Crippen molar-refractivity contribution in [1.29, 1.82) is 0 Å². The monoisotopic (exact) mass is 549 g/mol. The summed E-state index contributed by atoms with van der Waals surface area (Å²) in [6.45, 7) is 0. The Morgan fingerprint density at radius 1 is 0.442 bits per heavy atom. The predicted molar refractivity (Wildman–Crippen MR) is 185 cm³/mol. The third-order valence-corrected chi connectivity index (χ3v) is 8.70. The van der Waals surface area contributed by atoms with Crippen molar-refractivity contribution >= 4 is 43.7 Å². The molecule has 0 spiro atoms. The highest BCUT2D eigenvalue weighted by Crippen LogP contribution is 2.39. The number of nitrogens with zero attached hydrogens (tertiary/aromatic N) is 1. The van der Waals surface area contributed by atoms with Crippen LogP contribution in [0.2, 0.25) is 0 Å². The van der Waals surface area contributed by atoms with Crippen molar-refractivity contribution in [3.05, 3.63) is 170 Å². The second kappa shape index (κ2) is 10.8. The molecule has 1 nitrogen and oxygen atoms in total. The highest BCUT2D eigenvalue weighted by atomic mass is 15.2. The van der Waals surface area contributed by atoms with E-state index >= 15 is 0 Å². The van der Waals surface area contributed by atoms with Gasteiger partial charge in [0.15, 0.2) is 0 Å². The third-order valence-electron chi connectivity index (χ3n) is 8.70. The molecule has 1 aliphatic rings. The minimum Gasteiger partial charge on any atom is -0.334 e. The van der Waals surface area contributed by atoms with E-state index < -0.39 is 0 Å². The number of benzene rings is 7. The van der Waals surface area contributed by atoms with Gasteiger partial charge in [0.1, 0.15) is 0 Å². The van der Waals surface area contributed by atoms with E-state index in [1.165, 1.54) is 65.9 Å². The molecule has 1 unspecified atom stereocenters. The zero-order chi connectivity index (χ0) is 28.6. The molecule has 0 heterocycles. The van der Waals surface area contributed by atoms with Crippen LogP contribution in [-0.4, -0.2) is 6.04 Å². The summed E-state index contributed by atoms with van der Waals surface area (Å²) < 4.78 is 0. The van der Waals surface area contributed by atoms with Crippen LogP contribution in [0.1, 0.15) is 6.42 Å². The van der Waals surface area contributed by atoms with Gasteiger partial charge in [-0.3, -0.25) is 0 Å². The minimum atomic E-state index is 0.286. The molecule has 1 heteroatoms. The van der Waals surface area contributed by atoms with Crippen LogP contribution in [0.3, 0.4) is 0 Å². The lowest BCUT2D eigenvalue weighted by molar-refractivity contribution is 0.785. The molecule has 0 bridgehead atoms. The molecule has 0 aromatic heterocycles. The maximum absolute atomic E-state index is 2.46. The number of anilines is 2. The fourth-order valence-electron chi connectivity index (χ4n) is 6.59. The van der Waals surface area contributed by atoms with Crippen LogP contribution in [0, 0.1) is 0 Å². The van der Waals surface area contributed by atoms with Crippen molar-refractivity contribution in [2.24, 2.45) is 0 Å². The van der Waals surface area contributed by atoms with Crippen molar-refractivity contribution in [1.82, 2.24) is 0 Å². The second-order valence-electron chi connectivity index (χ2n) is 11.3. The Labute approximate surface area is 252 Å². The molecule has 7 aromatic carbocycles. The fourth-order valence-corrected chi connectivity index (χ4v) is 6.59. The van der Waals surface area contributed by atoms with Gasteiger partial charge in [-0.05, 0) is 103 Å². The Morgan fingerprint density at radius 2 is 1.07 bits per heavy atom. The number of fused-ring (bicyclic) bond motifs is 4. The van der Waals surface area contributed by atoms with Gasteiger partial charge >= 0.3 is 0 Å². The van der Waals surface area contributed by atoms with Crippen molar-refractivity contribution in [2.45, 2.75) is 12.5 Å².